The van der Waals surface area contributed by atoms with Gasteiger partial charge >= 0.3 is 0 Å². The molecule has 0 radical (unpaired) electrons. The highest BCUT2D eigenvalue weighted by molar-refractivity contribution is 7.92. The SMILES string of the molecule is Cc1ccc(S(=O)(=O)Nc2ccc(C(=O)NC(C)(C)C)cc2)cc1C. The van der Waals surface area contributed by atoms with Crippen molar-refractivity contribution < 1.29 is 13.2 Å². The van der Waals surface area contributed by atoms with E-state index < -0.39 is 10.0 Å². The molecule has 0 aromatic heterocycles. The number of carbonyl (C=O) groups is 1. The van der Waals surface area contributed by atoms with Crippen molar-refractivity contribution in [2.45, 2.75) is 45.1 Å². The first kappa shape index (κ1) is 19.0. The molecule has 0 saturated heterocycles. The van der Waals surface area contributed by atoms with Gasteiger partial charge in [-0.15, -0.1) is 0 Å². The average molecular weight is 360 g/mol. The summed E-state index contributed by atoms with van der Waals surface area (Å²) in [4.78, 5) is 12.3. The molecule has 2 aromatic rings. The summed E-state index contributed by atoms with van der Waals surface area (Å²) < 4.78 is 27.5. The van der Waals surface area contributed by atoms with E-state index in [0.29, 0.717) is 11.3 Å². The third kappa shape index (κ3) is 5.06. The second-order valence-corrected chi connectivity index (χ2v) is 8.82. The number of hydrogen-bond acceptors (Lipinski definition) is 3. The van der Waals surface area contributed by atoms with E-state index in [0.717, 1.165) is 11.1 Å². The summed E-state index contributed by atoms with van der Waals surface area (Å²) in [5.74, 6) is -0.198. The van der Waals surface area contributed by atoms with Gasteiger partial charge in [0.15, 0.2) is 0 Å². The zero-order valence-corrected chi connectivity index (χ0v) is 16.0. The second kappa shape index (κ2) is 6.88. The van der Waals surface area contributed by atoms with Gasteiger partial charge in [0.25, 0.3) is 15.9 Å². The van der Waals surface area contributed by atoms with E-state index in [1.165, 1.54) is 0 Å². The van der Waals surface area contributed by atoms with Crippen LogP contribution in [0.5, 0.6) is 0 Å². The van der Waals surface area contributed by atoms with Crippen LogP contribution in [0.15, 0.2) is 47.4 Å². The molecule has 25 heavy (non-hydrogen) atoms. The molecule has 0 aliphatic carbocycles. The first-order chi connectivity index (χ1) is 11.5. The van der Waals surface area contributed by atoms with Crippen molar-refractivity contribution in [2.75, 3.05) is 4.72 Å². The Morgan fingerprint density at radius 3 is 2.04 bits per heavy atom. The number of rotatable bonds is 4. The topological polar surface area (TPSA) is 75.3 Å². The van der Waals surface area contributed by atoms with E-state index in [2.05, 4.69) is 10.0 Å². The highest BCUT2D eigenvalue weighted by Gasteiger charge is 2.17. The van der Waals surface area contributed by atoms with Crippen molar-refractivity contribution in [1.82, 2.24) is 5.32 Å². The maximum atomic E-state index is 12.5. The van der Waals surface area contributed by atoms with Crippen LogP contribution in [0.25, 0.3) is 0 Å². The molecule has 6 heteroatoms. The number of aryl methyl sites for hydroxylation is 2. The predicted molar refractivity (Wildman–Crippen MR) is 100 cm³/mol. The Labute approximate surface area is 149 Å². The van der Waals surface area contributed by atoms with Crippen LogP contribution in [-0.4, -0.2) is 19.9 Å². The molecule has 2 aromatic carbocycles. The van der Waals surface area contributed by atoms with Gasteiger partial charge in [-0.25, -0.2) is 8.42 Å². The Morgan fingerprint density at radius 2 is 1.52 bits per heavy atom. The molecular weight excluding hydrogens is 336 g/mol. The predicted octanol–water partition coefficient (Wildman–Crippen LogP) is 3.63. The molecule has 0 aliphatic heterocycles. The molecule has 0 spiro atoms. The van der Waals surface area contributed by atoms with Crippen molar-refractivity contribution in [3.63, 3.8) is 0 Å². The number of hydrogen-bond donors (Lipinski definition) is 2. The quantitative estimate of drug-likeness (QED) is 0.874. The normalized spacial score (nSPS) is 11.9. The van der Waals surface area contributed by atoms with Gasteiger partial charge in [0.1, 0.15) is 0 Å². The van der Waals surface area contributed by atoms with Crippen molar-refractivity contribution in [2.24, 2.45) is 0 Å². The third-order valence-electron chi connectivity index (χ3n) is 3.68. The smallest absolute Gasteiger partial charge is 0.261 e. The van der Waals surface area contributed by atoms with Crippen LogP contribution >= 0.6 is 0 Å². The van der Waals surface area contributed by atoms with Crippen LogP contribution in [0.1, 0.15) is 42.3 Å². The van der Waals surface area contributed by atoms with Gasteiger partial charge < -0.3 is 5.32 Å². The van der Waals surface area contributed by atoms with Crippen LogP contribution in [0.4, 0.5) is 5.69 Å². The lowest BCUT2D eigenvalue weighted by molar-refractivity contribution is 0.0919. The summed E-state index contributed by atoms with van der Waals surface area (Å²) in [6.45, 7) is 9.50. The molecule has 0 heterocycles. The van der Waals surface area contributed by atoms with Crippen LogP contribution in [-0.2, 0) is 10.0 Å². The molecule has 5 nitrogen and oxygen atoms in total. The Balaban J connectivity index is 2.17. The van der Waals surface area contributed by atoms with Crippen LogP contribution in [0.3, 0.4) is 0 Å². The fourth-order valence-corrected chi connectivity index (χ4v) is 3.34. The molecule has 134 valence electrons. The number of carbonyl (C=O) groups excluding carboxylic acids is 1. The van der Waals surface area contributed by atoms with Crippen LogP contribution in [0, 0.1) is 13.8 Å². The summed E-state index contributed by atoms with van der Waals surface area (Å²) in [6.07, 6.45) is 0. The van der Waals surface area contributed by atoms with Crippen LogP contribution < -0.4 is 10.0 Å². The minimum Gasteiger partial charge on any atom is -0.347 e. The number of amides is 1. The standard InChI is InChI=1S/C19H24N2O3S/c1-13-6-11-17(12-14(13)2)25(23,24)21-16-9-7-15(8-10-16)18(22)20-19(3,4)5/h6-12,21H,1-5H3,(H,20,22). The second-order valence-electron chi connectivity index (χ2n) is 7.13. The van der Waals surface area contributed by atoms with Crippen molar-refractivity contribution in [1.29, 1.82) is 0 Å². The number of benzene rings is 2. The monoisotopic (exact) mass is 360 g/mol. The van der Waals surface area contributed by atoms with E-state index >= 15 is 0 Å². The zero-order chi connectivity index (χ0) is 18.8. The molecule has 0 saturated carbocycles. The Bertz CT molecular complexity index is 880. The van der Waals surface area contributed by atoms with E-state index in [-0.39, 0.29) is 16.3 Å². The Hall–Kier alpha value is -2.34. The van der Waals surface area contributed by atoms with Gasteiger partial charge in [-0.1, -0.05) is 6.07 Å². The minimum absolute atomic E-state index is 0.198. The molecule has 2 N–H and O–H groups in total. The summed E-state index contributed by atoms with van der Waals surface area (Å²) in [5, 5.41) is 2.86. The van der Waals surface area contributed by atoms with E-state index in [9.17, 15) is 13.2 Å². The molecule has 0 fully saturated rings. The fourth-order valence-electron chi connectivity index (χ4n) is 2.20. The first-order valence-electron chi connectivity index (χ1n) is 8.01. The molecule has 1 amide bonds. The Kier molecular flexibility index (Phi) is 5.23. The molecule has 0 bridgehead atoms. The van der Waals surface area contributed by atoms with Gasteiger partial charge in [-0.05, 0) is 82.1 Å². The minimum atomic E-state index is -3.67. The van der Waals surface area contributed by atoms with Gasteiger partial charge in [-0.3, -0.25) is 9.52 Å². The molecule has 0 atom stereocenters. The van der Waals surface area contributed by atoms with Gasteiger partial charge in [0.2, 0.25) is 0 Å². The molecule has 0 unspecified atom stereocenters. The third-order valence-corrected chi connectivity index (χ3v) is 5.06. The van der Waals surface area contributed by atoms with E-state index in [4.69, 9.17) is 0 Å². The van der Waals surface area contributed by atoms with E-state index in [1.807, 2.05) is 34.6 Å². The maximum absolute atomic E-state index is 12.5. The summed E-state index contributed by atoms with van der Waals surface area (Å²) in [6, 6.07) is 11.4. The average Bonchev–Trinajstić information content (AvgIpc) is 2.48. The molecule has 0 aliphatic rings. The highest BCUT2D eigenvalue weighted by atomic mass is 32.2. The first-order valence-corrected chi connectivity index (χ1v) is 9.49. The summed E-state index contributed by atoms with van der Waals surface area (Å²) in [5.41, 5.74) is 2.50. The van der Waals surface area contributed by atoms with Crippen molar-refractivity contribution >= 4 is 21.6 Å². The Morgan fingerprint density at radius 1 is 0.920 bits per heavy atom. The lowest BCUT2D eigenvalue weighted by atomic mass is 10.1. The lowest BCUT2D eigenvalue weighted by Gasteiger charge is -2.20. The van der Waals surface area contributed by atoms with E-state index in [1.54, 1.807) is 42.5 Å². The molecule has 2 rings (SSSR count). The van der Waals surface area contributed by atoms with Crippen LogP contribution in [0.2, 0.25) is 0 Å². The molecular formula is C19H24N2O3S. The van der Waals surface area contributed by atoms with Gasteiger partial charge in [0.05, 0.1) is 4.90 Å². The van der Waals surface area contributed by atoms with Crippen molar-refractivity contribution in [3.8, 4) is 0 Å². The van der Waals surface area contributed by atoms with Gasteiger partial charge in [0, 0.05) is 16.8 Å². The number of nitrogens with one attached hydrogen (secondary N) is 2. The number of anilines is 1. The highest BCUT2D eigenvalue weighted by Crippen LogP contribution is 2.19. The number of sulfonamides is 1. The van der Waals surface area contributed by atoms with Crippen molar-refractivity contribution in [3.05, 3.63) is 59.2 Å². The summed E-state index contributed by atoms with van der Waals surface area (Å²) >= 11 is 0. The maximum Gasteiger partial charge on any atom is 0.261 e. The van der Waals surface area contributed by atoms with Gasteiger partial charge in [-0.2, -0.15) is 0 Å². The lowest BCUT2D eigenvalue weighted by Crippen LogP contribution is -2.40. The zero-order valence-electron chi connectivity index (χ0n) is 15.2. The largest absolute Gasteiger partial charge is 0.347 e. The summed E-state index contributed by atoms with van der Waals surface area (Å²) in [7, 11) is -3.67. The fraction of sp³-hybridized carbons (Fsp3) is 0.316.